The zero-order valence-corrected chi connectivity index (χ0v) is 8.15. The normalized spacial score (nSPS) is 10.2. The Hall–Kier alpha value is 0.210. The van der Waals surface area contributed by atoms with Crippen LogP contribution in [0.4, 0.5) is 0 Å². The summed E-state index contributed by atoms with van der Waals surface area (Å²) < 4.78 is 0.844. The number of rotatable bonds is 2. The van der Waals surface area contributed by atoms with E-state index in [0.717, 1.165) is 16.9 Å². The summed E-state index contributed by atoms with van der Waals surface area (Å²) in [6.45, 7) is 3.01. The number of hydrogen-bond donors (Lipinski definition) is 1. The average molecular weight is 169 g/mol. The molecule has 0 fully saturated rings. The third-order valence-electron chi connectivity index (χ3n) is 0.771. The topological polar surface area (TPSA) is 20.2 Å². The van der Waals surface area contributed by atoms with Crippen LogP contribution in [-0.4, -0.2) is 49.8 Å². The lowest BCUT2D eigenvalue weighted by atomic mass is 10.5. The molecule has 0 rings (SSSR count). The molecule has 0 saturated carbocycles. The highest BCUT2D eigenvalue weighted by atomic mass is 35.5. The summed E-state index contributed by atoms with van der Waals surface area (Å²) in [7, 11) is 6.16. The van der Waals surface area contributed by atoms with Crippen molar-refractivity contribution in [3.8, 4) is 0 Å². The van der Waals surface area contributed by atoms with E-state index < -0.39 is 0 Å². The molecule has 0 aromatic carbocycles. The Kier molecular flexibility index (Phi) is 9.40. The molecule has 0 bridgehead atoms. The minimum Gasteiger partial charge on any atom is -0.391 e. The summed E-state index contributed by atoms with van der Waals surface area (Å²) >= 11 is 5.00. The third-order valence-corrected chi connectivity index (χ3v) is 0.771. The molecular formula is C7H19ClNO+. The molecule has 10 heavy (non-hydrogen) atoms. The van der Waals surface area contributed by atoms with Crippen LogP contribution in [0.1, 0.15) is 6.92 Å². The van der Waals surface area contributed by atoms with E-state index in [-0.39, 0.29) is 6.61 Å². The smallest absolute Gasteiger partial charge is 0.101 e. The monoisotopic (exact) mass is 168 g/mol. The SMILES string of the molecule is CCCl.C[N+](C)(C)CCO. The molecule has 0 amide bonds. The van der Waals surface area contributed by atoms with Crippen LogP contribution in [0.25, 0.3) is 0 Å². The molecular weight excluding hydrogens is 150 g/mol. The standard InChI is InChI=1S/C5H14NO.C2H5Cl/c1-6(2,3)4-5-7;1-2-3/h7H,4-5H2,1-3H3;2H2,1H3/q+1;. The van der Waals surface area contributed by atoms with E-state index >= 15 is 0 Å². The second-order valence-corrected chi connectivity index (χ2v) is 3.54. The second-order valence-electron chi connectivity index (χ2n) is 3.00. The maximum Gasteiger partial charge on any atom is 0.101 e. The number of aliphatic hydroxyl groups excluding tert-OH is 1. The van der Waals surface area contributed by atoms with Gasteiger partial charge in [-0.3, -0.25) is 0 Å². The summed E-state index contributed by atoms with van der Waals surface area (Å²) in [6.07, 6.45) is 0. The molecule has 0 aromatic heterocycles. The molecule has 0 saturated heterocycles. The molecule has 0 aromatic rings. The number of quaternary nitrogens is 1. The van der Waals surface area contributed by atoms with Crippen molar-refractivity contribution >= 4 is 11.6 Å². The number of alkyl halides is 1. The van der Waals surface area contributed by atoms with Gasteiger partial charge in [-0.1, -0.05) is 6.92 Å². The zero-order chi connectivity index (χ0) is 8.62. The first-order valence-corrected chi connectivity index (χ1v) is 3.98. The molecule has 0 heterocycles. The molecule has 1 N–H and O–H groups in total. The van der Waals surface area contributed by atoms with Gasteiger partial charge in [0.15, 0.2) is 0 Å². The summed E-state index contributed by atoms with van der Waals surface area (Å²) in [5, 5.41) is 8.39. The molecule has 64 valence electrons. The predicted octanol–water partition coefficient (Wildman–Crippen LogP) is 0.930. The lowest BCUT2D eigenvalue weighted by Gasteiger charge is -2.21. The van der Waals surface area contributed by atoms with Crippen LogP contribution < -0.4 is 0 Å². The highest BCUT2D eigenvalue weighted by molar-refractivity contribution is 6.17. The van der Waals surface area contributed by atoms with Gasteiger partial charge in [-0.2, -0.15) is 0 Å². The van der Waals surface area contributed by atoms with Crippen molar-refractivity contribution in [3.05, 3.63) is 0 Å². The first kappa shape index (κ1) is 12.8. The van der Waals surface area contributed by atoms with Gasteiger partial charge in [0.1, 0.15) is 6.54 Å². The molecule has 0 aliphatic carbocycles. The summed E-state index contributed by atoms with van der Waals surface area (Å²) in [5.74, 6) is 0.722. The number of aliphatic hydroxyl groups is 1. The van der Waals surface area contributed by atoms with Crippen molar-refractivity contribution in [2.45, 2.75) is 6.92 Å². The summed E-state index contributed by atoms with van der Waals surface area (Å²) in [5.41, 5.74) is 0. The zero-order valence-electron chi connectivity index (χ0n) is 7.39. The molecule has 0 atom stereocenters. The maximum absolute atomic E-state index is 8.39. The Morgan fingerprint density at radius 1 is 1.30 bits per heavy atom. The van der Waals surface area contributed by atoms with Gasteiger partial charge < -0.3 is 9.59 Å². The van der Waals surface area contributed by atoms with Gasteiger partial charge in [-0.25, -0.2) is 0 Å². The fourth-order valence-electron chi connectivity index (χ4n) is 0.300. The van der Waals surface area contributed by atoms with E-state index in [0.29, 0.717) is 0 Å². The van der Waals surface area contributed by atoms with Crippen LogP contribution in [0.2, 0.25) is 0 Å². The molecule has 0 aliphatic rings. The van der Waals surface area contributed by atoms with Crippen LogP contribution in [0.15, 0.2) is 0 Å². The molecule has 3 heteroatoms. The van der Waals surface area contributed by atoms with E-state index in [1.807, 2.05) is 6.92 Å². The predicted molar refractivity (Wildman–Crippen MR) is 46.4 cm³/mol. The lowest BCUT2D eigenvalue weighted by molar-refractivity contribution is -0.870. The Morgan fingerprint density at radius 3 is 1.60 bits per heavy atom. The van der Waals surface area contributed by atoms with Crippen molar-refractivity contribution in [2.24, 2.45) is 0 Å². The first-order valence-electron chi connectivity index (χ1n) is 3.45. The lowest BCUT2D eigenvalue weighted by Crippen LogP contribution is -2.36. The van der Waals surface area contributed by atoms with Gasteiger partial charge in [0.25, 0.3) is 0 Å². The van der Waals surface area contributed by atoms with Crippen LogP contribution in [0, 0.1) is 0 Å². The molecule has 0 unspecified atom stereocenters. The third kappa shape index (κ3) is 24.1. The van der Waals surface area contributed by atoms with Crippen LogP contribution in [0.5, 0.6) is 0 Å². The average Bonchev–Trinajstić information content (AvgIpc) is 1.63. The minimum absolute atomic E-state index is 0.281. The fourth-order valence-corrected chi connectivity index (χ4v) is 0.300. The summed E-state index contributed by atoms with van der Waals surface area (Å²) in [6, 6.07) is 0. The van der Waals surface area contributed by atoms with E-state index in [2.05, 4.69) is 21.1 Å². The number of halogens is 1. The van der Waals surface area contributed by atoms with E-state index in [9.17, 15) is 0 Å². The van der Waals surface area contributed by atoms with Gasteiger partial charge in [0.2, 0.25) is 0 Å². The van der Waals surface area contributed by atoms with E-state index in [4.69, 9.17) is 16.7 Å². The van der Waals surface area contributed by atoms with Gasteiger partial charge in [0, 0.05) is 5.88 Å². The van der Waals surface area contributed by atoms with Gasteiger partial charge in [-0.15, -0.1) is 11.6 Å². The van der Waals surface area contributed by atoms with Gasteiger partial charge in [0.05, 0.1) is 27.7 Å². The second kappa shape index (κ2) is 7.32. The van der Waals surface area contributed by atoms with Crippen molar-refractivity contribution < 1.29 is 9.59 Å². The Labute approximate surface area is 69.0 Å². The maximum atomic E-state index is 8.39. The number of likely N-dealkylation sites (N-methyl/N-ethyl adjacent to an activating group) is 1. The minimum atomic E-state index is 0.281. The molecule has 0 aliphatic heterocycles. The fraction of sp³-hybridized carbons (Fsp3) is 1.00. The van der Waals surface area contributed by atoms with E-state index in [1.165, 1.54) is 0 Å². The van der Waals surface area contributed by atoms with Gasteiger partial charge in [-0.05, 0) is 0 Å². The van der Waals surface area contributed by atoms with Crippen molar-refractivity contribution in [3.63, 3.8) is 0 Å². The Bertz CT molecular complexity index is 61.1. The van der Waals surface area contributed by atoms with Crippen molar-refractivity contribution in [1.82, 2.24) is 0 Å². The highest BCUT2D eigenvalue weighted by Gasteiger charge is 2.02. The van der Waals surface area contributed by atoms with Crippen LogP contribution in [0.3, 0.4) is 0 Å². The first-order chi connectivity index (χ1) is 4.47. The molecule has 2 nitrogen and oxygen atoms in total. The van der Waals surface area contributed by atoms with Gasteiger partial charge >= 0.3 is 0 Å². The number of hydrogen-bond acceptors (Lipinski definition) is 1. The van der Waals surface area contributed by atoms with Crippen LogP contribution in [-0.2, 0) is 0 Å². The molecule has 0 spiro atoms. The number of nitrogens with zero attached hydrogens (tertiary/aromatic N) is 1. The quantitative estimate of drug-likeness (QED) is 0.481. The molecule has 0 radical (unpaired) electrons. The largest absolute Gasteiger partial charge is 0.391 e. The van der Waals surface area contributed by atoms with Crippen LogP contribution >= 0.6 is 11.6 Å². The highest BCUT2D eigenvalue weighted by Crippen LogP contribution is 1.84. The Morgan fingerprint density at radius 2 is 1.60 bits per heavy atom. The summed E-state index contributed by atoms with van der Waals surface area (Å²) in [4.78, 5) is 0. The van der Waals surface area contributed by atoms with E-state index in [1.54, 1.807) is 0 Å². The Balaban J connectivity index is 0. The van der Waals surface area contributed by atoms with Crippen molar-refractivity contribution in [1.29, 1.82) is 0 Å². The van der Waals surface area contributed by atoms with Crippen molar-refractivity contribution in [2.75, 3.05) is 40.2 Å².